The molecule has 0 saturated carbocycles. The summed E-state index contributed by atoms with van der Waals surface area (Å²) >= 11 is 0. The first-order valence-corrected chi connectivity index (χ1v) is 9.30. The maximum absolute atomic E-state index is 12.9. The molecular formula is C23H18F3N3O. The molecule has 4 rings (SSSR count). The molecule has 0 aliphatic rings. The lowest BCUT2D eigenvalue weighted by Crippen LogP contribution is -2.23. The van der Waals surface area contributed by atoms with Crippen LogP contribution in [0.2, 0.25) is 0 Å². The third-order valence-corrected chi connectivity index (χ3v) is 4.96. The van der Waals surface area contributed by atoms with Crippen molar-refractivity contribution in [2.45, 2.75) is 19.6 Å². The van der Waals surface area contributed by atoms with E-state index in [-0.39, 0.29) is 12.5 Å². The number of halogens is 3. The molecule has 0 atom stereocenters. The number of aryl methyl sites for hydroxylation is 1. The molecule has 0 radical (unpaired) electrons. The first-order valence-electron chi connectivity index (χ1n) is 9.30. The zero-order valence-electron chi connectivity index (χ0n) is 16.0. The first-order chi connectivity index (χ1) is 14.3. The topological polar surface area (TPSA) is 57.8 Å². The van der Waals surface area contributed by atoms with Crippen LogP contribution < -0.4 is 5.32 Å². The number of H-pyrrole nitrogens is 1. The molecule has 1 heterocycles. The molecular weight excluding hydrogens is 391 g/mol. The SMILES string of the molecule is Cc1ccc(C(=O)NCc2cccc(C(F)(F)F)c2)cc1-c1ccc2cn[nH]c2c1. The van der Waals surface area contributed by atoms with Gasteiger partial charge in [-0.1, -0.05) is 30.3 Å². The Kier molecular flexibility index (Phi) is 5.03. The molecule has 7 heteroatoms. The van der Waals surface area contributed by atoms with Gasteiger partial charge in [0.05, 0.1) is 17.3 Å². The van der Waals surface area contributed by atoms with Crippen molar-refractivity contribution in [2.24, 2.45) is 0 Å². The van der Waals surface area contributed by atoms with Crippen molar-refractivity contribution in [3.8, 4) is 11.1 Å². The van der Waals surface area contributed by atoms with Crippen LogP contribution in [0.3, 0.4) is 0 Å². The molecule has 2 N–H and O–H groups in total. The molecule has 0 saturated heterocycles. The van der Waals surface area contributed by atoms with E-state index in [0.717, 1.165) is 39.7 Å². The van der Waals surface area contributed by atoms with Gasteiger partial charge < -0.3 is 5.32 Å². The van der Waals surface area contributed by atoms with Crippen LogP contribution in [0.1, 0.15) is 27.0 Å². The molecule has 0 aliphatic heterocycles. The number of carbonyl (C=O) groups is 1. The van der Waals surface area contributed by atoms with Gasteiger partial charge in [-0.15, -0.1) is 0 Å². The zero-order chi connectivity index (χ0) is 21.3. The molecule has 0 bridgehead atoms. The summed E-state index contributed by atoms with van der Waals surface area (Å²) in [7, 11) is 0. The Morgan fingerprint density at radius 1 is 1.07 bits per heavy atom. The predicted octanol–water partition coefficient (Wildman–Crippen LogP) is 5.49. The average Bonchev–Trinajstić information content (AvgIpc) is 3.20. The average molecular weight is 409 g/mol. The zero-order valence-corrected chi connectivity index (χ0v) is 16.0. The second-order valence-electron chi connectivity index (χ2n) is 7.08. The van der Waals surface area contributed by atoms with E-state index in [9.17, 15) is 18.0 Å². The number of nitrogens with zero attached hydrogens (tertiary/aromatic N) is 1. The van der Waals surface area contributed by atoms with E-state index < -0.39 is 11.7 Å². The van der Waals surface area contributed by atoms with Gasteiger partial charge in [0.25, 0.3) is 5.91 Å². The van der Waals surface area contributed by atoms with E-state index in [2.05, 4.69) is 15.5 Å². The Bertz CT molecular complexity index is 1230. The first kappa shape index (κ1) is 19.7. The molecule has 4 aromatic rings. The highest BCUT2D eigenvalue weighted by molar-refractivity contribution is 5.96. The normalized spacial score (nSPS) is 11.6. The summed E-state index contributed by atoms with van der Waals surface area (Å²) < 4.78 is 38.6. The molecule has 4 nitrogen and oxygen atoms in total. The Balaban J connectivity index is 1.54. The molecule has 0 fully saturated rings. The second-order valence-corrected chi connectivity index (χ2v) is 7.08. The summed E-state index contributed by atoms with van der Waals surface area (Å²) in [6.07, 6.45) is -2.68. The number of nitrogens with one attached hydrogen (secondary N) is 2. The number of amides is 1. The number of hydrogen-bond donors (Lipinski definition) is 2. The van der Waals surface area contributed by atoms with Gasteiger partial charge in [0.2, 0.25) is 0 Å². The van der Waals surface area contributed by atoms with E-state index >= 15 is 0 Å². The van der Waals surface area contributed by atoms with Gasteiger partial charge in [-0.3, -0.25) is 9.89 Å². The Morgan fingerprint density at radius 2 is 1.90 bits per heavy atom. The molecule has 30 heavy (non-hydrogen) atoms. The lowest BCUT2D eigenvalue weighted by molar-refractivity contribution is -0.137. The molecule has 1 aromatic heterocycles. The third kappa shape index (κ3) is 4.05. The van der Waals surface area contributed by atoms with Crippen molar-refractivity contribution in [1.82, 2.24) is 15.5 Å². The number of hydrogen-bond acceptors (Lipinski definition) is 2. The van der Waals surface area contributed by atoms with Gasteiger partial charge in [0.15, 0.2) is 0 Å². The van der Waals surface area contributed by atoms with Gasteiger partial charge in [0.1, 0.15) is 0 Å². The summed E-state index contributed by atoms with van der Waals surface area (Å²) in [5.41, 5.74) is 3.83. The maximum Gasteiger partial charge on any atom is 0.416 e. The fraction of sp³-hybridized carbons (Fsp3) is 0.130. The van der Waals surface area contributed by atoms with Crippen molar-refractivity contribution >= 4 is 16.8 Å². The summed E-state index contributed by atoms with van der Waals surface area (Å²) in [5, 5.41) is 10.6. The van der Waals surface area contributed by atoms with Gasteiger partial charge in [0, 0.05) is 17.5 Å². The number of rotatable bonds is 4. The van der Waals surface area contributed by atoms with Gasteiger partial charge in [-0.2, -0.15) is 18.3 Å². The van der Waals surface area contributed by atoms with Crippen LogP contribution in [-0.4, -0.2) is 16.1 Å². The van der Waals surface area contributed by atoms with Crippen molar-refractivity contribution in [3.63, 3.8) is 0 Å². The molecule has 0 unspecified atom stereocenters. The lowest BCUT2D eigenvalue weighted by Gasteiger charge is -2.11. The van der Waals surface area contributed by atoms with E-state index in [1.165, 1.54) is 6.07 Å². The number of carbonyl (C=O) groups excluding carboxylic acids is 1. The minimum atomic E-state index is -4.42. The fourth-order valence-electron chi connectivity index (χ4n) is 3.32. The highest BCUT2D eigenvalue weighted by atomic mass is 19.4. The van der Waals surface area contributed by atoms with Crippen molar-refractivity contribution < 1.29 is 18.0 Å². The minimum Gasteiger partial charge on any atom is -0.348 e. The number of aromatic nitrogens is 2. The van der Waals surface area contributed by atoms with Crippen molar-refractivity contribution in [1.29, 1.82) is 0 Å². The Hall–Kier alpha value is -3.61. The second kappa shape index (κ2) is 7.67. The minimum absolute atomic E-state index is 0.00602. The number of benzene rings is 3. The Morgan fingerprint density at radius 3 is 2.70 bits per heavy atom. The van der Waals surface area contributed by atoms with E-state index in [1.54, 1.807) is 24.4 Å². The van der Waals surface area contributed by atoms with Crippen LogP contribution in [0, 0.1) is 6.92 Å². The van der Waals surface area contributed by atoms with Gasteiger partial charge in [-0.25, -0.2) is 0 Å². The fourth-order valence-corrected chi connectivity index (χ4v) is 3.32. The third-order valence-electron chi connectivity index (χ3n) is 4.96. The van der Waals surface area contributed by atoms with Crippen molar-refractivity contribution in [3.05, 3.63) is 89.1 Å². The van der Waals surface area contributed by atoms with Gasteiger partial charge >= 0.3 is 6.18 Å². The van der Waals surface area contributed by atoms with Crippen LogP contribution >= 0.6 is 0 Å². The predicted molar refractivity (Wildman–Crippen MR) is 109 cm³/mol. The largest absolute Gasteiger partial charge is 0.416 e. The molecule has 3 aromatic carbocycles. The summed E-state index contributed by atoms with van der Waals surface area (Å²) in [6, 6.07) is 16.2. The van der Waals surface area contributed by atoms with Crippen LogP contribution in [0.5, 0.6) is 0 Å². The van der Waals surface area contributed by atoms with E-state index in [0.29, 0.717) is 11.1 Å². The van der Waals surface area contributed by atoms with E-state index in [1.807, 2.05) is 31.2 Å². The number of aromatic amines is 1. The highest BCUT2D eigenvalue weighted by Crippen LogP contribution is 2.30. The standard InChI is InChI=1S/C23H18F3N3O/c1-14-5-6-17(10-20(14)16-7-8-18-13-28-29-21(18)11-16)22(30)27-12-15-3-2-4-19(9-15)23(24,25)26/h2-11,13H,12H2,1H3,(H,27,30)(H,28,29). The maximum atomic E-state index is 12.9. The Labute approximate surface area is 170 Å². The molecule has 0 spiro atoms. The summed E-state index contributed by atoms with van der Waals surface area (Å²) in [4.78, 5) is 12.6. The van der Waals surface area contributed by atoms with Crippen LogP contribution in [0.15, 0.2) is 66.9 Å². The van der Waals surface area contributed by atoms with Crippen LogP contribution in [0.25, 0.3) is 22.0 Å². The van der Waals surface area contributed by atoms with E-state index in [4.69, 9.17) is 0 Å². The monoisotopic (exact) mass is 409 g/mol. The van der Waals surface area contributed by atoms with Crippen LogP contribution in [0.4, 0.5) is 13.2 Å². The van der Waals surface area contributed by atoms with Crippen molar-refractivity contribution in [2.75, 3.05) is 0 Å². The lowest BCUT2D eigenvalue weighted by atomic mass is 9.97. The molecule has 1 amide bonds. The summed E-state index contributed by atoms with van der Waals surface area (Å²) in [5.74, 6) is -0.351. The smallest absolute Gasteiger partial charge is 0.348 e. The number of fused-ring (bicyclic) bond motifs is 1. The quantitative estimate of drug-likeness (QED) is 0.468. The molecule has 0 aliphatic carbocycles. The highest BCUT2D eigenvalue weighted by Gasteiger charge is 2.30. The summed E-state index contributed by atoms with van der Waals surface area (Å²) in [6.45, 7) is 1.96. The number of alkyl halides is 3. The van der Waals surface area contributed by atoms with Gasteiger partial charge in [-0.05, 0) is 59.5 Å². The molecule has 152 valence electrons. The van der Waals surface area contributed by atoms with Crippen LogP contribution in [-0.2, 0) is 12.7 Å².